The van der Waals surface area contributed by atoms with Crippen molar-refractivity contribution in [3.63, 3.8) is 0 Å². The summed E-state index contributed by atoms with van der Waals surface area (Å²) in [5.74, 6) is -5.81. The van der Waals surface area contributed by atoms with E-state index in [1.165, 1.54) is 6.92 Å². The van der Waals surface area contributed by atoms with Gasteiger partial charge in [0.05, 0.1) is 0 Å². The molecule has 0 saturated carbocycles. The highest BCUT2D eigenvalue weighted by molar-refractivity contribution is 8.14. The largest absolute Gasteiger partial charge is 0.462 e. The summed E-state index contributed by atoms with van der Waals surface area (Å²) in [5, 5.41) is 5.64. The van der Waals surface area contributed by atoms with Crippen LogP contribution >= 0.6 is 11.8 Å². The van der Waals surface area contributed by atoms with Gasteiger partial charge in [0.2, 0.25) is 5.91 Å². The molecule has 0 fully saturated rings. The van der Waals surface area contributed by atoms with E-state index in [1.54, 1.807) is 0 Å². The van der Waals surface area contributed by atoms with Crippen LogP contribution in [0.5, 0.6) is 0 Å². The van der Waals surface area contributed by atoms with E-state index in [1.807, 2.05) is 0 Å². The summed E-state index contributed by atoms with van der Waals surface area (Å²) in [6.07, 6.45) is -6.65. The molecule has 0 spiro atoms. The van der Waals surface area contributed by atoms with Crippen LogP contribution in [0.1, 0.15) is 48.5 Å². The summed E-state index contributed by atoms with van der Waals surface area (Å²) in [7, 11) is 0. The Hall–Kier alpha value is -3.89. The molecule has 0 saturated heterocycles. The van der Waals surface area contributed by atoms with Crippen LogP contribution in [0.2, 0.25) is 0 Å². The third-order valence-electron chi connectivity index (χ3n) is 4.11. The van der Waals surface area contributed by atoms with E-state index in [-0.39, 0.29) is 5.17 Å². The number of esters is 5. The number of amidine groups is 1. The van der Waals surface area contributed by atoms with Gasteiger partial charge in [0.15, 0.2) is 35.0 Å². The Morgan fingerprint density at radius 2 is 1.29 bits per heavy atom. The molecule has 0 radical (unpaired) electrons. The van der Waals surface area contributed by atoms with Gasteiger partial charge in [-0.3, -0.25) is 28.8 Å². The van der Waals surface area contributed by atoms with Crippen molar-refractivity contribution in [3.8, 4) is 0 Å². The van der Waals surface area contributed by atoms with Crippen molar-refractivity contribution >= 4 is 58.7 Å². The lowest BCUT2D eigenvalue weighted by Crippen LogP contribution is -2.57. The van der Waals surface area contributed by atoms with E-state index in [0.29, 0.717) is 5.17 Å². The summed E-state index contributed by atoms with van der Waals surface area (Å²) < 4.78 is 26.2. The molecule has 1 heterocycles. The molecule has 38 heavy (non-hydrogen) atoms. The first-order valence-electron chi connectivity index (χ1n) is 10.9. The van der Waals surface area contributed by atoms with Crippen molar-refractivity contribution in [2.24, 2.45) is 5.10 Å². The molecule has 0 aromatic carbocycles. The lowest BCUT2D eigenvalue weighted by Gasteiger charge is -2.37. The molecule has 1 rings (SSSR count). The van der Waals surface area contributed by atoms with Crippen LogP contribution in [-0.4, -0.2) is 88.5 Å². The second-order valence-corrected chi connectivity index (χ2v) is 8.76. The SMILES string of the molecule is CC(=O)NC1=NN(OC(C)=O)[C@H]([C@H](OC(C)=O)[C@@H](OC(C)=O)[C@@H](OC(C)=O)[C@@H](COC(C)=O)OC(C)=O)S1. The number of hydrazone groups is 1. The highest BCUT2D eigenvalue weighted by Crippen LogP contribution is 2.34. The number of hydrogen-bond donors (Lipinski definition) is 1. The minimum Gasteiger partial charge on any atom is -0.462 e. The van der Waals surface area contributed by atoms with Gasteiger partial charge in [0, 0.05) is 48.5 Å². The summed E-state index contributed by atoms with van der Waals surface area (Å²) in [6.45, 7) is 6.72. The monoisotopic (exact) mass is 563 g/mol. The van der Waals surface area contributed by atoms with Gasteiger partial charge in [0.25, 0.3) is 0 Å². The van der Waals surface area contributed by atoms with Crippen LogP contribution in [0, 0.1) is 0 Å². The molecular formula is C21H29N3O13S. The number of thioether (sulfide) groups is 1. The van der Waals surface area contributed by atoms with Crippen molar-refractivity contribution < 1.29 is 62.1 Å². The molecule has 16 nitrogen and oxygen atoms in total. The van der Waals surface area contributed by atoms with Gasteiger partial charge in [-0.2, -0.15) is 0 Å². The van der Waals surface area contributed by atoms with Gasteiger partial charge in [-0.25, -0.2) is 4.79 Å². The Kier molecular flexibility index (Phi) is 12.5. The number of hydrogen-bond acceptors (Lipinski definition) is 16. The third kappa shape index (κ3) is 11.0. The molecule has 0 aromatic heterocycles. The zero-order valence-corrected chi connectivity index (χ0v) is 22.5. The van der Waals surface area contributed by atoms with Crippen LogP contribution in [0.3, 0.4) is 0 Å². The fourth-order valence-electron chi connectivity index (χ4n) is 3.08. The van der Waals surface area contributed by atoms with E-state index in [9.17, 15) is 33.6 Å². The number of carbonyl (C=O) groups is 7. The predicted octanol–water partition coefficient (Wildman–Crippen LogP) is -0.464. The lowest BCUT2D eigenvalue weighted by molar-refractivity contribution is -0.222. The molecule has 5 atom stereocenters. The van der Waals surface area contributed by atoms with Crippen LogP contribution in [0.25, 0.3) is 0 Å². The number of hydroxylamine groups is 1. The normalized spacial score (nSPS) is 17.5. The molecule has 17 heteroatoms. The molecule has 0 unspecified atom stereocenters. The van der Waals surface area contributed by atoms with E-state index in [4.69, 9.17) is 28.5 Å². The van der Waals surface area contributed by atoms with Crippen LogP contribution in [0.15, 0.2) is 5.10 Å². The highest BCUT2D eigenvalue weighted by Gasteiger charge is 2.51. The molecule has 1 amide bonds. The minimum atomic E-state index is -1.75. The van der Waals surface area contributed by atoms with Crippen molar-refractivity contribution in [1.82, 2.24) is 10.5 Å². The minimum absolute atomic E-state index is 0.0806. The van der Waals surface area contributed by atoms with Crippen LogP contribution in [-0.2, 0) is 62.1 Å². The molecule has 1 aliphatic rings. The van der Waals surface area contributed by atoms with Gasteiger partial charge in [-0.15, -0.1) is 10.3 Å². The van der Waals surface area contributed by atoms with Crippen molar-refractivity contribution in [1.29, 1.82) is 0 Å². The summed E-state index contributed by atoms with van der Waals surface area (Å²) in [4.78, 5) is 88.0. The van der Waals surface area contributed by atoms with Gasteiger partial charge in [-0.1, -0.05) is 11.8 Å². The zero-order chi connectivity index (χ0) is 29.2. The first-order valence-corrected chi connectivity index (χ1v) is 11.8. The Bertz CT molecular complexity index is 985. The highest BCUT2D eigenvalue weighted by atomic mass is 32.2. The second kappa shape index (κ2) is 14.7. The standard InChI is InChI=1S/C21H29N3O13S/c1-9(25)22-21-23-24(37-15(7)31)20(38-21)19(36-14(6)30)18(35-13(5)29)17(34-12(4)28)16(33-11(3)27)8-32-10(2)26/h16-20H,8H2,1-7H3,(H,22,23,25)/t16-,17+,18+,19-,20+/m1/s1. The molecule has 212 valence electrons. The van der Waals surface area contributed by atoms with E-state index < -0.39 is 78.1 Å². The maximum atomic E-state index is 12.1. The molecule has 0 aromatic rings. The smallest absolute Gasteiger partial charge is 0.331 e. The first kappa shape index (κ1) is 32.1. The van der Waals surface area contributed by atoms with Crippen molar-refractivity contribution in [3.05, 3.63) is 0 Å². The Morgan fingerprint density at radius 1 is 0.763 bits per heavy atom. The molecular weight excluding hydrogens is 534 g/mol. The van der Waals surface area contributed by atoms with Crippen LogP contribution in [0.4, 0.5) is 0 Å². The van der Waals surface area contributed by atoms with Gasteiger partial charge in [-0.05, 0) is 0 Å². The van der Waals surface area contributed by atoms with Gasteiger partial charge < -0.3 is 33.8 Å². The molecule has 0 bridgehead atoms. The topological polar surface area (TPSA) is 202 Å². The Balaban J connectivity index is 3.68. The third-order valence-corrected chi connectivity index (χ3v) is 5.21. The number of rotatable bonds is 11. The van der Waals surface area contributed by atoms with Crippen molar-refractivity contribution in [2.45, 2.75) is 78.3 Å². The second-order valence-electron chi connectivity index (χ2n) is 7.65. The van der Waals surface area contributed by atoms with Crippen LogP contribution < -0.4 is 5.32 Å². The maximum Gasteiger partial charge on any atom is 0.331 e. The lowest BCUT2D eigenvalue weighted by atomic mass is 10.0. The number of nitrogens with one attached hydrogen (secondary N) is 1. The molecule has 1 aliphatic heterocycles. The number of nitrogens with zero attached hydrogens (tertiary/aromatic N) is 2. The average Bonchev–Trinajstić information content (AvgIpc) is 3.11. The average molecular weight is 564 g/mol. The maximum absolute atomic E-state index is 12.1. The van der Waals surface area contributed by atoms with Gasteiger partial charge in [0.1, 0.15) is 6.61 Å². The number of ether oxygens (including phenoxy) is 5. The van der Waals surface area contributed by atoms with E-state index in [0.717, 1.165) is 53.3 Å². The summed E-state index contributed by atoms with van der Waals surface area (Å²) in [5.41, 5.74) is 0. The Morgan fingerprint density at radius 3 is 1.74 bits per heavy atom. The summed E-state index contributed by atoms with van der Waals surface area (Å²) in [6, 6.07) is 0. The van der Waals surface area contributed by atoms with Crippen molar-refractivity contribution in [2.75, 3.05) is 6.61 Å². The molecule has 0 aliphatic carbocycles. The quantitative estimate of drug-likeness (QED) is 0.249. The van der Waals surface area contributed by atoms with E-state index >= 15 is 0 Å². The molecule has 1 N–H and O–H groups in total. The fourth-order valence-corrected chi connectivity index (χ4v) is 4.16. The number of amides is 1. The fraction of sp³-hybridized carbons (Fsp3) is 0.619. The van der Waals surface area contributed by atoms with Gasteiger partial charge >= 0.3 is 35.8 Å². The summed E-state index contributed by atoms with van der Waals surface area (Å²) >= 11 is 0.739. The van der Waals surface area contributed by atoms with E-state index in [2.05, 4.69) is 10.4 Å². The predicted molar refractivity (Wildman–Crippen MR) is 125 cm³/mol. The zero-order valence-electron chi connectivity index (χ0n) is 21.7. The first-order chi connectivity index (χ1) is 17.6. The number of carbonyl (C=O) groups excluding carboxylic acids is 7. The Labute approximate surface area is 221 Å².